The fourth-order valence-electron chi connectivity index (χ4n) is 1.86. The summed E-state index contributed by atoms with van der Waals surface area (Å²) in [5.41, 5.74) is 0. The van der Waals surface area contributed by atoms with Crippen molar-refractivity contribution in [1.82, 2.24) is 5.32 Å². The Morgan fingerprint density at radius 3 is 1.84 bits per heavy atom. The third kappa shape index (κ3) is 14.4. The van der Waals surface area contributed by atoms with Crippen LogP contribution in [0.1, 0.15) is 64.2 Å². The van der Waals surface area contributed by atoms with E-state index in [9.17, 15) is 9.59 Å². The maximum absolute atomic E-state index is 11.2. The Labute approximate surface area is 116 Å². The minimum atomic E-state index is -0.705. The third-order valence-electron chi connectivity index (χ3n) is 2.93. The Hall–Kier alpha value is -1.50. The third-order valence-corrected chi connectivity index (χ3v) is 2.93. The number of terminal acetylenes is 1. The summed E-state index contributed by atoms with van der Waals surface area (Å²) in [7, 11) is 0. The molecule has 0 aromatic heterocycles. The lowest BCUT2D eigenvalue weighted by Crippen LogP contribution is -2.22. The molecule has 0 unspecified atom stereocenters. The van der Waals surface area contributed by atoms with Crippen molar-refractivity contribution in [3.05, 3.63) is 0 Å². The molecular weight excluding hydrogens is 242 g/mol. The SMILES string of the molecule is C#CCNC(=O)CCCCCCCCCCC(=O)O. The van der Waals surface area contributed by atoms with E-state index in [0.717, 1.165) is 44.9 Å². The molecular formula is C15H25NO3. The van der Waals surface area contributed by atoms with Gasteiger partial charge in [0.1, 0.15) is 0 Å². The van der Waals surface area contributed by atoms with Gasteiger partial charge in [0, 0.05) is 12.8 Å². The van der Waals surface area contributed by atoms with Crippen LogP contribution in [0.3, 0.4) is 0 Å². The first-order valence-electron chi connectivity index (χ1n) is 7.08. The Kier molecular flexibility index (Phi) is 11.9. The Balaban J connectivity index is 3.13. The summed E-state index contributed by atoms with van der Waals surface area (Å²) >= 11 is 0. The number of carboxylic acids is 1. The van der Waals surface area contributed by atoms with Crippen LogP contribution in [-0.2, 0) is 9.59 Å². The van der Waals surface area contributed by atoms with E-state index in [-0.39, 0.29) is 12.3 Å². The average molecular weight is 267 g/mol. The summed E-state index contributed by atoms with van der Waals surface area (Å²) in [6.07, 6.45) is 14.2. The van der Waals surface area contributed by atoms with E-state index in [0.29, 0.717) is 13.0 Å². The van der Waals surface area contributed by atoms with Crippen LogP contribution in [0.2, 0.25) is 0 Å². The van der Waals surface area contributed by atoms with E-state index in [1.165, 1.54) is 6.42 Å². The van der Waals surface area contributed by atoms with Crippen LogP contribution in [0.25, 0.3) is 0 Å². The molecule has 1 amide bonds. The zero-order chi connectivity index (χ0) is 14.3. The number of rotatable bonds is 12. The predicted octanol–water partition coefficient (Wildman–Crippen LogP) is 2.72. The standard InChI is InChI=1S/C15H25NO3/c1-2-13-16-14(17)11-9-7-5-3-4-6-8-10-12-15(18)19/h1H,3-13H2,(H,16,17)(H,18,19). The van der Waals surface area contributed by atoms with E-state index in [4.69, 9.17) is 11.5 Å². The summed E-state index contributed by atoms with van der Waals surface area (Å²) in [6.45, 7) is 0.315. The molecule has 0 rings (SSSR count). The number of unbranched alkanes of at least 4 members (excludes halogenated alkanes) is 7. The lowest BCUT2D eigenvalue weighted by atomic mass is 10.1. The van der Waals surface area contributed by atoms with Crippen molar-refractivity contribution in [3.63, 3.8) is 0 Å². The number of nitrogens with one attached hydrogen (secondary N) is 1. The first-order chi connectivity index (χ1) is 9.16. The Morgan fingerprint density at radius 2 is 1.37 bits per heavy atom. The van der Waals surface area contributed by atoms with Crippen LogP contribution in [0, 0.1) is 12.3 Å². The fourth-order valence-corrected chi connectivity index (χ4v) is 1.86. The molecule has 4 nitrogen and oxygen atoms in total. The summed E-state index contributed by atoms with van der Waals surface area (Å²) in [4.78, 5) is 21.5. The second-order valence-corrected chi connectivity index (χ2v) is 4.70. The Morgan fingerprint density at radius 1 is 0.895 bits per heavy atom. The van der Waals surface area contributed by atoms with Gasteiger partial charge < -0.3 is 10.4 Å². The van der Waals surface area contributed by atoms with Crippen LogP contribution in [0.5, 0.6) is 0 Å². The number of hydrogen-bond acceptors (Lipinski definition) is 2. The van der Waals surface area contributed by atoms with Crippen LogP contribution >= 0.6 is 0 Å². The van der Waals surface area contributed by atoms with Gasteiger partial charge in [-0.3, -0.25) is 9.59 Å². The molecule has 0 aromatic carbocycles. The molecule has 0 spiro atoms. The van der Waals surface area contributed by atoms with Gasteiger partial charge >= 0.3 is 5.97 Å². The van der Waals surface area contributed by atoms with E-state index in [1.54, 1.807) is 0 Å². The largest absolute Gasteiger partial charge is 0.481 e. The summed E-state index contributed by atoms with van der Waals surface area (Å²) < 4.78 is 0. The van der Waals surface area contributed by atoms with E-state index >= 15 is 0 Å². The lowest BCUT2D eigenvalue weighted by Gasteiger charge is -2.02. The van der Waals surface area contributed by atoms with Gasteiger partial charge in [-0.15, -0.1) is 6.42 Å². The van der Waals surface area contributed by atoms with Gasteiger partial charge in [0.25, 0.3) is 0 Å². The van der Waals surface area contributed by atoms with E-state index < -0.39 is 5.97 Å². The van der Waals surface area contributed by atoms with Crippen molar-refractivity contribution in [2.24, 2.45) is 0 Å². The van der Waals surface area contributed by atoms with Gasteiger partial charge in [-0.2, -0.15) is 0 Å². The maximum atomic E-state index is 11.2. The average Bonchev–Trinajstić information content (AvgIpc) is 2.38. The van der Waals surface area contributed by atoms with Crippen LogP contribution in [-0.4, -0.2) is 23.5 Å². The van der Waals surface area contributed by atoms with Crippen molar-refractivity contribution >= 4 is 11.9 Å². The highest BCUT2D eigenvalue weighted by Crippen LogP contribution is 2.10. The fraction of sp³-hybridized carbons (Fsp3) is 0.733. The Bertz CT molecular complexity index is 294. The van der Waals surface area contributed by atoms with Gasteiger partial charge in [0.15, 0.2) is 0 Å². The summed E-state index contributed by atoms with van der Waals surface area (Å²) in [5.74, 6) is 1.70. The molecule has 0 bridgehead atoms. The lowest BCUT2D eigenvalue weighted by molar-refractivity contribution is -0.137. The van der Waals surface area contributed by atoms with E-state index in [1.807, 2.05) is 0 Å². The van der Waals surface area contributed by atoms with Crippen molar-refractivity contribution in [3.8, 4) is 12.3 Å². The highest BCUT2D eigenvalue weighted by molar-refractivity contribution is 5.76. The molecule has 0 fully saturated rings. The zero-order valence-electron chi connectivity index (χ0n) is 11.6. The quantitative estimate of drug-likeness (QED) is 0.422. The minimum absolute atomic E-state index is 0.0339. The molecule has 0 aliphatic carbocycles. The number of carbonyl (C=O) groups is 2. The molecule has 0 aliphatic rings. The summed E-state index contributed by atoms with van der Waals surface area (Å²) in [5, 5.41) is 11.1. The molecule has 2 N–H and O–H groups in total. The number of carboxylic acid groups (broad SMARTS) is 1. The maximum Gasteiger partial charge on any atom is 0.303 e. The highest BCUT2D eigenvalue weighted by atomic mass is 16.4. The van der Waals surface area contributed by atoms with Gasteiger partial charge in [0.2, 0.25) is 5.91 Å². The van der Waals surface area contributed by atoms with Gasteiger partial charge in [0.05, 0.1) is 6.54 Å². The molecule has 0 saturated carbocycles. The van der Waals surface area contributed by atoms with Crippen molar-refractivity contribution in [2.45, 2.75) is 64.2 Å². The monoisotopic (exact) mass is 267 g/mol. The predicted molar refractivity (Wildman–Crippen MR) is 75.6 cm³/mol. The highest BCUT2D eigenvalue weighted by Gasteiger charge is 1.99. The van der Waals surface area contributed by atoms with Crippen LogP contribution < -0.4 is 5.32 Å². The normalized spacial score (nSPS) is 9.84. The van der Waals surface area contributed by atoms with Crippen molar-refractivity contribution in [2.75, 3.05) is 6.54 Å². The number of hydrogen-bond donors (Lipinski definition) is 2. The van der Waals surface area contributed by atoms with E-state index in [2.05, 4.69) is 11.2 Å². The second-order valence-electron chi connectivity index (χ2n) is 4.70. The zero-order valence-corrected chi connectivity index (χ0v) is 11.6. The molecule has 0 saturated heterocycles. The molecule has 0 radical (unpaired) electrons. The second kappa shape index (κ2) is 12.9. The topological polar surface area (TPSA) is 66.4 Å². The van der Waals surface area contributed by atoms with Crippen molar-refractivity contribution < 1.29 is 14.7 Å². The van der Waals surface area contributed by atoms with Gasteiger partial charge in [-0.05, 0) is 12.8 Å². The van der Waals surface area contributed by atoms with Crippen LogP contribution in [0.15, 0.2) is 0 Å². The number of amides is 1. The molecule has 0 atom stereocenters. The number of carbonyl (C=O) groups excluding carboxylic acids is 1. The first-order valence-corrected chi connectivity index (χ1v) is 7.08. The molecule has 0 aliphatic heterocycles. The van der Waals surface area contributed by atoms with Crippen molar-refractivity contribution in [1.29, 1.82) is 0 Å². The van der Waals surface area contributed by atoms with Crippen LogP contribution in [0.4, 0.5) is 0 Å². The molecule has 0 aromatic rings. The first kappa shape index (κ1) is 17.5. The smallest absolute Gasteiger partial charge is 0.303 e. The van der Waals surface area contributed by atoms with Gasteiger partial charge in [-0.1, -0.05) is 44.4 Å². The molecule has 19 heavy (non-hydrogen) atoms. The molecule has 4 heteroatoms. The number of aliphatic carboxylic acids is 1. The minimum Gasteiger partial charge on any atom is -0.481 e. The molecule has 108 valence electrons. The van der Waals surface area contributed by atoms with Gasteiger partial charge in [-0.25, -0.2) is 0 Å². The summed E-state index contributed by atoms with van der Waals surface area (Å²) in [6, 6.07) is 0. The molecule has 0 heterocycles.